The number of rotatable bonds is 7. The third-order valence-corrected chi connectivity index (χ3v) is 7.62. The molecular formula is C27H28FN5O2S. The van der Waals surface area contributed by atoms with Crippen molar-refractivity contribution in [3.05, 3.63) is 77.7 Å². The fourth-order valence-electron chi connectivity index (χ4n) is 4.28. The average molecular weight is 506 g/mol. The van der Waals surface area contributed by atoms with Crippen molar-refractivity contribution in [2.24, 2.45) is 5.92 Å². The lowest BCUT2D eigenvalue weighted by atomic mass is 10.0. The Hall–Kier alpha value is -3.43. The fourth-order valence-corrected chi connectivity index (χ4v) is 5.41. The van der Waals surface area contributed by atoms with E-state index in [2.05, 4.69) is 20.3 Å². The highest BCUT2D eigenvalue weighted by atomic mass is 32.2. The molecule has 3 heterocycles. The molecule has 0 unspecified atom stereocenters. The van der Waals surface area contributed by atoms with Gasteiger partial charge in [0.15, 0.2) is 11.4 Å². The summed E-state index contributed by atoms with van der Waals surface area (Å²) in [5.74, 6) is 1.47. The summed E-state index contributed by atoms with van der Waals surface area (Å²) in [7, 11) is -0.752. The van der Waals surface area contributed by atoms with Crippen molar-refractivity contribution in [3.63, 3.8) is 0 Å². The molecule has 0 aliphatic carbocycles. The van der Waals surface area contributed by atoms with Crippen molar-refractivity contribution in [2.75, 3.05) is 29.9 Å². The predicted molar refractivity (Wildman–Crippen MR) is 140 cm³/mol. The maximum absolute atomic E-state index is 15.0. The molecule has 7 nitrogen and oxygen atoms in total. The Labute approximate surface area is 211 Å². The van der Waals surface area contributed by atoms with Crippen LogP contribution in [-0.2, 0) is 17.3 Å². The van der Waals surface area contributed by atoms with Gasteiger partial charge in [0.1, 0.15) is 5.82 Å². The van der Waals surface area contributed by atoms with E-state index in [1.54, 1.807) is 28.9 Å². The molecule has 1 aliphatic rings. The average Bonchev–Trinajstić information content (AvgIpc) is 3.29. The van der Waals surface area contributed by atoms with Crippen LogP contribution in [0.15, 0.2) is 60.8 Å². The maximum Gasteiger partial charge on any atom is 0.247 e. The molecular weight excluding hydrogens is 477 g/mol. The second-order valence-corrected chi connectivity index (χ2v) is 11.0. The number of hydrogen-bond acceptors (Lipinski definition) is 6. The number of carbonyl (C=O) groups is 1. The zero-order valence-corrected chi connectivity index (χ0v) is 21.1. The molecule has 1 aliphatic heterocycles. The molecule has 0 spiro atoms. The standard InChI is InChI=1S/C27H28FN5O2S/c1-18(2)25(34)19-7-9-22(10-8-19)29-27-30-26-23(4-3-11-33(26)31-27)20-5-6-21(24(28)16-20)17-32-12-14-36(35)15-13-32/h3-11,16,18H,12-15,17H2,1-2H3,(H,29,31). The maximum atomic E-state index is 15.0. The number of pyridine rings is 1. The third kappa shape index (κ3) is 5.22. The first-order valence-electron chi connectivity index (χ1n) is 12.0. The van der Waals surface area contributed by atoms with Gasteiger partial charge in [0, 0.05) is 76.4 Å². The van der Waals surface area contributed by atoms with E-state index in [1.807, 2.05) is 50.2 Å². The van der Waals surface area contributed by atoms with Crippen LogP contribution in [0, 0.1) is 11.7 Å². The van der Waals surface area contributed by atoms with E-state index in [0.717, 1.165) is 29.9 Å². The highest BCUT2D eigenvalue weighted by molar-refractivity contribution is 7.85. The quantitative estimate of drug-likeness (QED) is 0.368. The molecule has 5 rings (SSSR count). The first-order chi connectivity index (χ1) is 17.4. The van der Waals surface area contributed by atoms with Gasteiger partial charge >= 0.3 is 0 Å². The molecule has 2 aromatic carbocycles. The van der Waals surface area contributed by atoms with Crippen LogP contribution in [0.1, 0.15) is 29.8 Å². The van der Waals surface area contributed by atoms with E-state index in [9.17, 15) is 9.00 Å². The SMILES string of the molecule is CC(C)C(=O)c1ccc(Nc2nc3c(-c4ccc(CN5CCS(=O)CC5)c(F)c4)cccn3n2)cc1. The highest BCUT2D eigenvalue weighted by Gasteiger charge is 2.18. The lowest BCUT2D eigenvalue weighted by Gasteiger charge is -2.26. The zero-order chi connectivity index (χ0) is 25.2. The van der Waals surface area contributed by atoms with Crippen LogP contribution in [0.25, 0.3) is 16.8 Å². The number of halogens is 1. The molecule has 4 aromatic rings. The number of ketones is 1. The number of nitrogens with one attached hydrogen (secondary N) is 1. The summed E-state index contributed by atoms with van der Waals surface area (Å²) in [5, 5.41) is 7.69. The number of benzene rings is 2. The molecule has 0 bridgehead atoms. The van der Waals surface area contributed by atoms with Gasteiger partial charge in [-0.15, -0.1) is 5.10 Å². The van der Waals surface area contributed by atoms with Gasteiger partial charge in [0.05, 0.1) is 0 Å². The number of anilines is 2. The van der Waals surface area contributed by atoms with Crippen molar-refractivity contribution < 1.29 is 13.4 Å². The summed E-state index contributed by atoms with van der Waals surface area (Å²) < 4.78 is 28.3. The van der Waals surface area contributed by atoms with Crippen LogP contribution in [-0.4, -0.2) is 54.1 Å². The number of carbonyl (C=O) groups excluding carboxylic acids is 1. The van der Waals surface area contributed by atoms with Crippen molar-refractivity contribution in [2.45, 2.75) is 20.4 Å². The molecule has 0 saturated carbocycles. The number of fused-ring (bicyclic) bond motifs is 1. The Morgan fingerprint density at radius 2 is 1.86 bits per heavy atom. The fraction of sp³-hybridized carbons (Fsp3) is 0.296. The molecule has 9 heteroatoms. The van der Waals surface area contributed by atoms with Crippen LogP contribution in [0.3, 0.4) is 0 Å². The van der Waals surface area contributed by atoms with E-state index in [0.29, 0.717) is 40.8 Å². The van der Waals surface area contributed by atoms with Crippen molar-refractivity contribution >= 4 is 33.9 Å². The minimum atomic E-state index is -0.752. The summed E-state index contributed by atoms with van der Waals surface area (Å²) >= 11 is 0. The van der Waals surface area contributed by atoms with E-state index in [-0.39, 0.29) is 17.5 Å². The van der Waals surface area contributed by atoms with Crippen molar-refractivity contribution in [3.8, 4) is 11.1 Å². The molecule has 2 aromatic heterocycles. The smallest absolute Gasteiger partial charge is 0.247 e. The van der Waals surface area contributed by atoms with E-state index in [1.165, 1.54) is 0 Å². The monoisotopic (exact) mass is 505 g/mol. The molecule has 1 saturated heterocycles. The van der Waals surface area contributed by atoms with E-state index in [4.69, 9.17) is 0 Å². The minimum absolute atomic E-state index is 0.0575. The van der Waals surface area contributed by atoms with Gasteiger partial charge in [-0.05, 0) is 48.0 Å². The van der Waals surface area contributed by atoms with Gasteiger partial charge in [-0.3, -0.25) is 13.9 Å². The lowest BCUT2D eigenvalue weighted by Crippen LogP contribution is -2.37. The molecule has 186 valence electrons. The predicted octanol–water partition coefficient (Wildman–Crippen LogP) is 4.68. The lowest BCUT2D eigenvalue weighted by molar-refractivity contribution is 0.0939. The van der Waals surface area contributed by atoms with Gasteiger partial charge in [0.2, 0.25) is 5.95 Å². The topological polar surface area (TPSA) is 79.6 Å². The van der Waals surface area contributed by atoms with Gasteiger partial charge < -0.3 is 5.32 Å². The summed E-state index contributed by atoms with van der Waals surface area (Å²) in [5.41, 5.74) is 4.16. The number of nitrogens with zero attached hydrogens (tertiary/aromatic N) is 4. The van der Waals surface area contributed by atoms with Crippen molar-refractivity contribution in [1.29, 1.82) is 0 Å². The summed E-state index contributed by atoms with van der Waals surface area (Å²) in [6, 6.07) is 16.3. The number of aromatic nitrogens is 3. The molecule has 1 N–H and O–H groups in total. The van der Waals surface area contributed by atoms with E-state index >= 15 is 4.39 Å². The largest absolute Gasteiger partial charge is 0.323 e. The zero-order valence-electron chi connectivity index (χ0n) is 20.3. The minimum Gasteiger partial charge on any atom is -0.323 e. The Kier molecular flexibility index (Phi) is 6.93. The summed E-state index contributed by atoms with van der Waals surface area (Å²) in [6.07, 6.45) is 1.80. The first-order valence-corrected chi connectivity index (χ1v) is 13.5. The molecule has 1 fully saturated rings. The summed E-state index contributed by atoms with van der Waals surface area (Å²) in [4.78, 5) is 18.9. The van der Waals surface area contributed by atoms with Crippen LogP contribution in [0.2, 0.25) is 0 Å². The Balaban J connectivity index is 1.36. The normalized spacial score (nSPS) is 15.0. The third-order valence-electron chi connectivity index (χ3n) is 6.34. The number of hydrogen-bond donors (Lipinski definition) is 1. The van der Waals surface area contributed by atoms with Crippen LogP contribution in [0.5, 0.6) is 0 Å². The Morgan fingerprint density at radius 1 is 1.11 bits per heavy atom. The summed E-state index contributed by atoms with van der Waals surface area (Å²) in [6.45, 7) is 5.71. The van der Waals surface area contributed by atoms with Crippen LogP contribution >= 0.6 is 0 Å². The van der Waals surface area contributed by atoms with Crippen LogP contribution < -0.4 is 5.32 Å². The molecule has 0 radical (unpaired) electrons. The second-order valence-electron chi connectivity index (χ2n) is 9.28. The van der Waals surface area contributed by atoms with Gasteiger partial charge in [-0.25, -0.2) is 8.91 Å². The van der Waals surface area contributed by atoms with Gasteiger partial charge in [0.25, 0.3) is 0 Å². The highest BCUT2D eigenvalue weighted by Crippen LogP contribution is 2.27. The van der Waals surface area contributed by atoms with Crippen molar-refractivity contribution in [1.82, 2.24) is 19.5 Å². The Morgan fingerprint density at radius 3 is 2.56 bits per heavy atom. The number of Topliss-reactive ketones (excluding diaryl/α,β-unsaturated/α-hetero) is 1. The second kappa shape index (κ2) is 10.3. The Bertz CT molecular complexity index is 1420. The van der Waals surface area contributed by atoms with Gasteiger partial charge in [-0.2, -0.15) is 4.98 Å². The molecule has 36 heavy (non-hydrogen) atoms. The van der Waals surface area contributed by atoms with Crippen LogP contribution in [0.4, 0.5) is 16.0 Å². The first kappa shape index (κ1) is 24.3. The molecule has 0 atom stereocenters. The molecule has 0 amide bonds. The van der Waals surface area contributed by atoms with Gasteiger partial charge in [-0.1, -0.05) is 26.0 Å². The van der Waals surface area contributed by atoms with E-state index < -0.39 is 10.8 Å².